The average molecular weight is 366 g/mol. The molecule has 0 fully saturated rings. The number of nitrogens with one attached hydrogen (secondary N) is 3. The summed E-state index contributed by atoms with van der Waals surface area (Å²) in [4.78, 5) is 23.6. The van der Waals surface area contributed by atoms with E-state index in [1.54, 1.807) is 42.5 Å². The lowest BCUT2D eigenvalue weighted by atomic mass is 10.2. The van der Waals surface area contributed by atoms with E-state index in [1.165, 1.54) is 0 Å². The maximum atomic E-state index is 12.0. The number of carbonyl (C=O) groups is 2. The van der Waals surface area contributed by atoms with Gasteiger partial charge < -0.3 is 16.0 Å². The highest BCUT2D eigenvalue weighted by Gasteiger charge is 2.07. The molecular weight excluding hydrogens is 349 g/mol. The lowest BCUT2D eigenvalue weighted by molar-refractivity contribution is -0.114. The van der Waals surface area contributed by atoms with Crippen molar-refractivity contribution in [2.24, 2.45) is 0 Å². The molecule has 2 rings (SSSR count). The van der Waals surface area contributed by atoms with Gasteiger partial charge in [0.05, 0.1) is 17.3 Å². The Morgan fingerprint density at radius 3 is 2.42 bits per heavy atom. The van der Waals surface area contributed by atoms with Crippen molar-refractivity contribution in [3.8, 4) is 0 Å². The van der Waals surface area contributed by atoms with E-state index in [2.05, 4.69) is 16.0 Å². The van der Waals surface area contributed by atoms with E-state index < -0.39 is 0 Å². The summed E-state index contributed by atoms with van der Waals surface area (Å²) in [6, 6.07) is 11.7. The van der Waals surface area contributed by atoms with Crippen molar-refractivity contribution < 1.29 is 9.59 Å². The van der Waals surface area contributed by atoms with Crippen LogP contribution in [0.15, 0.2) is 42.5 Å². The van der Waals surface area contributed by atoms with Crippen molar-refractivity contribution in [3.63, 3.8) is 0 Å². The number of carbonyl (C=O) groups excluding carboxylic acids is 2. The molecule has 0 saturated heterocycles. The Morgan fingerprint density at radius 1 is 1.04 bits per heavy atom. The van der Waals surface area contributed by atoms with Gasteiger partial charge in [0.1, 0.15) is 0 Å². The number of rotatable bonds is 6. The van der Waals surface area contributed by atoms with Gasteiger partial charge in [-0.1, -0.05) is 23.2 Å². The van der Waals surface area contributed by atoms with Gasteiger partial charge in [-0.3, -0.25) is 9.59 Å². The molecule has 2 aromatic rings. The Bertz CT molecular complexity index is 733. The molecule has 0 radical (unpaired) electrons. The number of benzene rings is 2. The quantitative estimate of drug-likeness (QED) is 0.729. The first-order chi connectivity index (χ1) is 11.5. The molecule has 5 nitrogen and oxygen atoms in total. The van der Waals surface area contributed by atoms with Crippen molar-refractivity contribution in [1.82, 2.24) is 5.32 Å². The third kappa shape index (κ3) is 5.15. The monoisotopic (exact) mass is 365 g/mol. The zero-order chi connectivity index (χ0) is 17.5. The standard InChI is InChI=1S/C17H17Cl2N3O2/c1-2-20-17(24)11-3-6-13(7-4-11)21-10-16(23)22-15-9-12(18)5-8-14(15)19/h3-9,21H,2,10H2,1H3,(H,20,24)(H,22,23). The van der Waals surface area contributed by atoms with Crippen LogP contribution < -0.4 is 16.0 Å². The number of hydrogen-bond acceptors (Lipinski definition) is 3. The third-order valence-corrected chi connectivity index (χ3v) is 3.70. The van der Waals surface area contributed by atoms with Crippen LogP contribution >= 0.6 is 23.2 Å². The third-order valence-electron chi connectivity index (χ3n) is 3.14. The summed E-state index contributed by atoms with van der Waals surface area (Å²) in [6.07, 6.45) is 0. The molecule has 3 N–H and O–H groups in total. The van der Waals surface area contributed by atoms with Crippen molar-refractivity contribution in [1.29, 1.82) is 0 Å². The van der Waals surface area contributed by atoms with E-state index >= 15 is 0 Å². The van der Waals surface area contributed by atoms with Crippen molar-refractivity contribution >= 4 is 46.4 Å². The SMILES string of the molecule is CCNC(=O)c1ccc(NCC(=O)Nc2cc(Cl)ccc2Cl)cc1. The van der Waals surface area contributed by atoms with Crippen LogP contribution in [0.5, 0.6) is 0 Å². The smallest absolute Gasteiger partial charge is 0.251 e. The summed E-state index contributed by atoms with van der Waals surface area (Å²) in [5.74, 6) is -0.385. The van der Waals surface area contributed by atoms with Crippen LogP contribution in [-0.2, 0) is 4.79 Å². The highest BCUT2D eigenvalue weighted by Crippen LogP contribution is 2.25. The first-order valence-electron chi connectivity index (χ1n) is 7.36. The maximum absolute atomic E-state index is 12.0. The molecule has 0 aliphatic heterocycles. The predicted molar refractivity (Wildman–Crippen MR) is 98.0 cm³/mol. The topological polar surface area (TPSA) is 70.2 Å². The highest BCUT2D eigenvalue weighted by atomic mass is 35.5. The van der Waals surface area contributed by atoms with E-state index in [4.69, 9.17) is 23.2 Å². The molecule has 0 unspecified atom stereocenters. The number of hydrogen-bond donors (Lipinski definition) is 3. The van der Waals surface area contributed by atoms with E-state index in [9.17, 15) is 9.59 Å². The fourth-order valence-electron chi connectivity index (χ4n) is 1.97. The highest BCUT2D eigenvalue weighted by molar-refractivity contribution is 6.35. The Labute approximate surface area is 150 Å². The lowest BCUT2D eigenvalue weighted by Crippen LogP contribution is -2.23. The molecule has 0 aromatic heterocycles. The fourth-order valence-corrected chi connectivity index (χ4v) is 2.31. The zero-order valence-corrected chi connectivity index (χ0v) is 14.5. The van der Waals surface area contributed by atoms with Gasteiger partial charge in [0.2, 0.25) is 5.91 Å². The summed E-state index contributed by atoms with van der Waals surface area (Å²) in [6.45, 7) is 2.49. The van der Waals surface area contributed by atoms with E-state index in [-0.39, 0.29) is 18.4 Å². The molecule has 0 atom stereocenters. The van der Waals surface area contributed by atoms with Crippen LogP contribution in [-0.4, -0.2) is 24.9 Å². The number of halogens is 2. The Hall–Kier alpha value is -2.24. The molecule has 2 aromatic carbocycles. The lowest BCUT2D eigenvalue weighted by Gasteiger charge is -2.10. The second-order valence-electron chi connectivity index (χ2n) is 4.96. The van der Waals surface area contributed by atoms with E-state index in [0.29, 0.717) is 27.8 Å². The maximum Gasteiger partial charge on any atom is 0.251 e. The molecule has 0 aliphatic carbocycles. The van der Waals surface area contributed by atoms with E-state index in [1.807, 2.05) is 6.92 Å². The molecule has 0 aliphatic rings. The Kier molecular flexibility index (Phi) is 6.46. The molecule has 126 valence electrons. The second-order valence-corrected chi connectivity index (χ2v) is 5.81. The Morgan fingerprint density at radius 2 is 1.75 bits per heavy atom. The molecule has 0 spiro atoms. The van der Waals surface area contributed by atoms with Gasteiger partial charge in [-0.05, 0) is 49.4 Å². The first kappa shape index (κ1) is 18.1. The predicted octanol–water partition coefficient (Wildman–Crippen LogP) is 3.79. The van der Waals surface area contributed by atoms with E-state index in [0.717, 1.165) is 5.69 Å². The summed E-state index contributed by atoms with van der Waals surface area (Å²) in [7, 11) is 0. The second kappa shape index (κ2) is 8.57. The number of anilines is 2. The van der Waals surface area contributed by atoms with Gasteiger partial charge in [-0.2, -0.15) is 0 Å². The normalized spacial score (nSPS) is 10.1. The molecule has 0 saturated carbocycles. The zero-order valence-electron chi connectivity index (χ0n) is 13.0. The average Bonchev–Trinajstić information content (AvgIpc) is 2.57. The van der Waals surface area contributed by atoms with Gasteiger partial charge in [0, 0.05) is 22.8 Å². The molecule has 7 heteroatoms. The molecular formula is C17H17Cl2N3O2. The molecule has 0 bridgehead atoms. The minimum absolute atomic E-state index is 0.0589. The molecule has 0 heterocycles. The molecule has 24 heavy (non-hydrogen) atoms. The van der Waals surface area contributed by atoms with Gasteiger partial charge in [0.25, 0.3) is 5.91 Å². The largest absolute Gasteiger partial charge is 0.376 e. The van der Waals surface area contributed by atoms with Gasteiger partial charge in [-0.25, -0.2) is 0 Å². The first-order valence-corrected chi connectivity index (χ1v) is 8.12. The fraction of sp³-hybridized carbons (Fsp3) is 0.176. The van der Waals surface area contributed by atoms with Crippen LogP contribution in [0.2, 0.25) is 10.0 Å². The van der Waals surface area contributed by atoms with Crippen LogP contribution in [0.25, 0.3) is 0 Å². The van der Waals surface area contributed by atoms with Crippen molar-refractivity contribution in [2.45, 2.75) is 6.92 Å². The number of amides is 2. The van der Waals surface area contributed by atoms with Crippen LogP contribution in [0, 0.1) is 0 Å². The van der Waals surface area contributed by atoms with Crippen molar-refractivity contribution in [3.05, 3.63) is 58.1 Å². The van der Waals surface area contributed by atoms with Crippen molar-refractivity contribution in [2.75, 3.05) is 23.7 Å². The summed E-state index contributed by atoms with van der Waals surface area (Å²) < 4.78 is 0. The van der Waals surface area contributed by atoms with Crippen LogP contribution in [0.3, 0.4) is 0 Å². The molecule has 2 amide bonds. The van der Waals surface area contributed by atoms with Gasteiger partial charge in [0.15, 0.2) is 0 Å². The minimum Gasteiger partial charge on any atom is -0.376 e. The summed E-state index contributed by atoms with van der Waals surface area (Å²) >= 11 is 11.9. The summed E-state index contributed by atoms with van der Waals surface area (Å²) in [5.41, 5.74) is 1.76. The summed E-state index contributed by atoms with van der Waals surface area (Å²) in [5, 5.41) is 9.29. The van der Waals surface area contributed by atoms with Crippen LogP contribution in [0.4, 0.5) is 11.4 Å². The minimum atomic E-state index is -0.257. The van der Waals surface area contributed by atoms with Crippen LogP contribution in [0.1, 0.15) is 17.3 Å². The Balaban J connectivity index is 1.89. The van der Waals surface area contributed by atoms with Gasteiger partial charge in [-0.15, -0.1) is 0 Å². The van der Waals surface area contributed by atoms with Gasteiger partial charge >= 0.3 is 0 Å².